The first kappa shape index (κ1) is 13.4. The molecule has 92 valence electrons. The second-order valence-corrected chi connectivity index (χ2v) is 3.86. The van der Waals surface area contributed by atoms with Gasteiger partial charge in [0, 0.05) is 6.42 Å². The van der Waals surface area contributed by atoms with Crippen LogP contribution in [-0.4, -0.2) is 18.4 Å². The quantitative estimate of drug-likeness (QED) is 0.561. The maximum atomic E-state index is 11.6. The van der Waals surface area contributed by atoms with Gasteiger partial charge in [0.25, 0.3) is 0 Å². The van der Waals surface area contributed by atoms with E-state index in [9.17, 15) is 9.59 Å². The monoisotopic (exact) mass is 234 g/mol. The van der Waals surface area contributed by atoms with E-state index in [0.717, 1.165) is 12.0 Å². The average molecular weight is 234 g/mol. The van der Waals surface area contributed by atoms with Gasteiger partial charge in [-0.1, -0.05) is 37.3 Å². The number of ether oxygens (including phenoxy) is 1. The lowest BCUT2D eigenvalue weighted by Gasteiger charge is -2.13. The molecule has 0 aliphatic rings. The molecule has 0 fully saturated rings. The molecule has 0 heterocycles. The summed E-state index contributed by atoms with van der Waals surface area (Å²) in [4.78, 5) is 22.9. The minimum atomic E-state index is -0.720. The largest absolute Gasteiger partial charge is 0.460 e. The van der Waals surface area contributed by atoms with Gasteiger partial charge in [0.1, 0.15) is 0 Å². The fraction of sp³-hybridized carbons (Fsp3) is 0.429. The van der Waals surface area contributed by atoms with Crippen molar-refractivity contribution in [3.8, 4) is 0 Å². The van der Waals surface area contributed by atoms with Crippen LogP contribution in [0.5, 0.6) is 0 Å². The summed E-state index contributed by atoms with van der Waals surface area (Å²) in [5, 5.41) is 0. The molecule has 0 amide bonds. The molecule has 1 aromatic rings. The number of ketones is 1. The van der Waals surface area contributed by atoms with Gasteiger partial charge in [0.15, 0.2) is 0 Å². The fourth-order valence-electron chi connectivity index (χ4n) is 1.74. The minimum Gasteiger partial charge on any atom is -0.460 e. The highest BCUT2D eigenvalue weighted by atomic mass is 16.5. The van der Waals surface area contributed by atoms with Gasteiger partial charge >= 0.3 is 5.97 Å². The Morgan fingerprint density at radius 1 is 1.18 bits per heavy atom. The first-order chi connectivity index (χ1) is 8.19. The van der Waals surface area contributed by atoms with Crippen LogP contribution in [0.15, 0.2) is 30.3 Å². The van der Waals surface area contributed by atoms with E-state index in [1.54, 1.807) is 6.92 Å². The highest BCUT2D eigenvalue weighted by Gasteiger charge is 2.20. The molecule has 3 nitrogen and oxygen atoms in total. The number of hydrogen-bond donors (Lipinski definition) is 0. The predicted molar refractivity (Wildman–Crippen MR) is 65.7 cm³/mol. The van der Waals surface area contributed by atoms with Crippen LogP contribution in [0.4, 0.5) is 0 Å². The number of benzene rings is 1. The molecule has 3 heteroatoms. The van der Waals surface area contributed by atoms with Crippen LogP contribution >= 0.6 is 0 Å². The molecule has 1 aromatic carbocycles. The maximum absolute atomic E-state index is 11.6. The third-order valence-corrected chi connectivity index (χ3v) is 2.70. The fourth-order valence-corrected chi connectivity index (χ4v) is 1.74. The Morgan fingerprint density at radius 2 is 1.82 bits per heavy atom. The molecule has 17 heavy (non-hydrogen) atoms. The van der Waals surface area contributed by atoms with E-state index in [0.29, 0.717) is 0 Å². The number of rotatable bonds is 6. The highest BCUT2D eigenvalue weighted by Crippen LogP contribution is 2.23. The van der Waals surface area contributed by atoms with Crippen molar-refractivity contribution in [2.75, 3.05) is 6.61 Å². The molecule has 0 aliphatic heterocycles. The van der Waals surface area contributed by atoms with Crippen LogP contribution in [0.2, 0.25) is 0 Å². The van der Waals surface area contributed by atoms with E-state index >= 15 is 0 Å². The second-order valence-electron chi connectivity index (χ2n) is 3.86. The standard InChI is InChI=1S/C14H18O3/c1-3-11(12-8-6-5-7-9-12)10-13(15)14(16)17-4-2/h5-9,11H,3-4,10H2,1-2H3. The van der Waals surface area contributed by atoms with E-state index in [2.05, 4.69) is 0 Å². The van der Waals surface area contributed by atoms with Crippen molar-refractivity contribution in [2.45, 2.75) is 32.6 Å². The van der Waals surface area contributed by atoms with E-state index in [4.69, 9.17) is 4.74 Å². The molecule has 1 atom stereocenters. The van der Waals surface area contributed by atoms with Crippen molar-refractivity contribution in [2.24, 2.45) is 0 Å². The topological polar surface area (TPSA) is 43.4 Å². The third-order valence-electron chi connectivity index (χ3n) is 2.70. The minimum absolute atomic E-state index is 0.0908. The van der Waals surface area contributed by atoms with Crippen LogP contribution in [-0.2, 0) is 14.3 Å². The van der Waals surface area contributed by atoms with Gasteiger partial charge in [-0.3, -0.25) is 4.79 Å². The molecule has 0 radical (unpaired) electrons. The number of carbonyl (C=O) groups excluding carboxylic acids is 2. The molecular formula is C14H18O3. The maximum Gasteiger partial charge on any atom is 0.374 e. The van der Waals surface area contributed by atoms with Gasteiger partial charge in [-0.15, -0.1) is 0 Å². The van der Waals surface area contributed by atoms with Gasteiger partial charge < -0.3 is 4.74 Å². The summed E-state index contributed by atoms with van der Waals surface area (Å²) in [6, 6.07) is 9.77. The molecule has 0 saturated carbocycles. The zero-order chi connectivity index (χ0) is 12.7. The van der Waals surface area contributed by atoms with Gasteiger partial charge in [-0.05, 0) is 24.8 Å². The third kappa shape index (κ3) is 4.02. The van der Waals surface area contributed by atoms with Crippen molar-refractivity contribution < 1.29 is 14.3 Å². The lowest BCUT2D eigenvalue weighted by atomic mass is 9.91. The lowest BCUT2D eigenvalue weighted by molar-refractivity contribution is -0.153. The van der Waals surface area contributed by atoms with E-state index < -0.39 is 11.8 Å². The first-order valence-corrected chi connectivity index (χ1v) is 5.93. The molecule has 1 rings (SSSR count). The normalized spacial score (nSPS) is 11.9. The van der Waals surface area contributed by atoms with Crippen LogP contribution in [0, 0.1) is 0 Å². The summed E-state index contributed by atoms with van der Waals surface area (Å²) < 4.78 is 4.70. The number of esters is 1. The van der Waals surface area contributed by atoms with Gasteiger partial charge in [-0.25, -0.2) is 4.79 Å². The molecule has 0 bridgehead atoms. The summed E-state index contributed by atoms with van der Waals surface area (Å²) >= 11 is 0. The molecule has 0 aliphatic carbocycles. The Kier molecular flexibility index (Phi) is 5.40. The van der Waals surface area contributed by atoms with E-state index in [1.165, 1.54) is 0 Å². The number of Topliss-reactive ketones (excluding diaryl/α,β-unsaturated/α-hetero) is 1. The Morgan fingerprint density at radius 3 is 2.35 bits per heavy atom. The summed E-state index contributed by atoms with van der Waals surface area (Å²) in [7, 11) is 0. The zero-order valence-electron chi connectivity index (χ0n) is 10.3. The SMILES string of the molecule is CCOC(=O)C(=O)CC(CC)c1ccccc1. The molecule has 0 aromatic heterocycles. The van der Waals surface area contributed by atoms with Gasteiger partial charge in [0.2, 0.25) is 5.78 Å². The average Bonchev–Trinajstić information content (AvgIpc) is 2.37. The molecular weight excluding hydrogens is 216 g/mol. The number of hydrogen-bond acceptors (Lipinski definition) is 3. The molecule has 0 saturated heterocycles. The van der Waals surface area contributed by atoms with Crippen LogP contribution in [0.25, 0.3) is 0 Å². The van der Waals surface area contributed by atoms with Gasteiger partial charge in [-0.2, -0.15) is 0 Å². The zero-order valence-corrected chi connectivity index (χ0v) is 10.3. The van der Waals surface area contributed by atoms with Crippen molar-refractivity contribution in [1.82, 2.24) is 0 Å². The van der Waals surface area contributed by atoms with Gasteiger partial charge in [0.05, 0.1) is 6.61 Å². The first-order valence-electron chi connectivity index (χ1n) is 5.93. The van der Waals surface area contributed by atoms with Crippen molar-refractivity contribution >= 4 is 11.8 Å². The molecule has 1 unspecified atom stereocenters. The predicted octanol–water partition coefficient (Wildman–Crippen LogP) is 2.70. The van der Waals surface area contributed by atoms with Crippen molar-refractivity contribution in [3.63, 3.8) is 0 Å². The Hall–Kier alpha value is -1.64. The Labute approximate surface area is 102 Å². The summed E-state index contributed by atoms with van der Waals surface area (Å²) in [5.74, 6) is -1.07. The number of carbonyl (C=O) groups is 2. The van der Waals surface area contributed by atoms with Crippen molar-refractivity contribution in [3.05, 3.63) is 35.9 Å². The molecule has 0 N–H and O–H groups in total. The van der Waals surface area contributed by atoms with Crippen LogP contribution < -0.4 is 0 Å². The Balaban J connectivity index is 2.65. The summed E-state index contributed by atoms with van der Waals surface area (Å²) in [6.07, 6.45) is 1.05. The van der Waals surface area contributed by atoms with E-state index in [-0.39, 0.29) is 18.9 Å². The molecule has 0 spiro atoms. The van der Waals surface area contributed by atoms with Crippen molar-refractivity contribution in [1.29, 1.82) is 0 Å². The second kappa shape index (κ2) is 6.84. The summed E-state index contributed by atoms with van der Waals surface area (Å²) in [5.41, 5.74) is 1.09. The lowest BCUT2D eigenvalue weighted by Crippen LogP contribution is -2.19. The van der Waals surface area contributed by atoms with Crippen LogP contribution in [0.3, 0.4) is 0 Å². The highest BCUT2D eigenvalue weighted by molar-refractivity contribution is 6.33. The Bertz CT molecular complexity index is 370. The van der Waals surface area contributed by atoms with E-state index in [1.807, 2.05) is 37.3 Å². The smallest absolute Gasteiger partial charge is 0.374 e. The van der Waals surface area contributed by atoms with Crippen LogP contribution in [0.1, 0.15) is 38.2 Å². The summed E-state index contributed by atoms with van der Waals surface area (Å²) in [6.45, 7) is 3.95.